The van der Waals surface area contributed by atoms with Crippen LogP contribution in [0, 0.1) is 0 Å². The van der Waals surface area contributed by atoms with Crippen molar-refractivity contribution in [2.75, 3.05) is 20.3 Å². The molecular formula is C10H13N3OS. The van der Waals surface area contributed by atoms with Crippen molar-refractivity contribution in [1.82, 2.24) is 0 Å². The molecule has 4 nitrogen and oxygen atoms in total. The van der Waals surface area contributed by atoms with Gasteiger partial charge in [-0.2, -0.15) is 0 Å². The Balaban J connectivity index is 2.54. The monoisotopic (exact) mass is 223 g/mol. The summed E-state index contributed by atoms with van der Waals surface area (Å²) in [7, 11) is 1.65. The molecule has 0 aliphatic rings. The number of azide groups is 1. The Kier molecular flexibility index (Phi) is 5.70. The van der Waals surface area contributed by atoms with E-state index in [1.165, 1.54) is 0 Å². The van der Waals surface area contributed by atoms with Gasteiger partial charge in [-0.05, 0) is 17.7 Å². The van der Waals surface area contributed by atoms with Crippen LogP contribution in [0.5, 0.6) is 0 Å². The molecule has 0 aliphatic carbocycles. The second-order valence-electron chi connectivity index (χ2n) is 2.92. The zero-order valence-corrected chi connectivity index (χ0v) is 9.35. The average Bonchev–Trinajstić information content (AvgIpc) is 2.28. The van der Waals surface area contributed by atoms with Gasteiger partial charge in [0.25, 0.3) is 0 Å². The molecule has 0 saturated heterocycles. The first-order valence-electron chi connectivity index (χ1n) is 4.58. The molecule has 0 bridgehead atoms. The van der Waals surface area contributed by atoms with Crippen LogP contribution >= 0.6 is 11.8 Å². The van der Waals surface area contributed by atoms with E-state index in [9.17, 15) is 0 Å². The molecule has 0 amide bonds. The summed E-state index contributed by atoms with van der Waals surface area (Å²) in [5.74, 6) is 0. The molecular weight excluding hydrogens is 210 g/mol. The van der Waals surface area contributed by atoms with Crippen LogP contribution in [-0.2, 0) is 4.74 Å². The summed E-state index contributed by atoms with van der Waals surface area (Å²) in [6.07, 6.45) is 0. The second-order valence-corrected chi connectivity index (χ2v) is 4.30. The maximum atomic E-state index is 8.26. The lowest BCUT2D eigenvalue weighted by atomic mass is 10.4. The molecule has 15 heavy (non-hydrogen) atoms. The molecule has 0 saturated carbocycles. The zero-order valence-electron chi connectivity index (χ0n) is 8.54. The van der Waals surface area contributed by atoms with Crippen molar-refractivity contribution < 1.29 is 4.74 Å². The van der Waals surface area contributed by atoms with E-state index in [0.717, 1.165) is 4.90 Å². The fourth-order valence-corrected chi connectivity index (χ4v) is 2.17. The van der Waals surface area contributed by atoms with Crippen LogP contribution in [0.4, 0.5) is 0 Å². The van der Waals surface area contributed by atoms with E-state index in [1.54, 1.807) is 18.9 Å². The van der Waals surface area contributed by atoms with Crippen LogP contribution in [0.3, 0.4) is 0 Å². The Labute approximate surface area is 93.3 Å². The molecule has 5 heteroatoms. The summed E-state index contributed by atoms with van der Waals surface area (Å²) < 4.78 is 5.07. The SMILES string of the molecule is COCC(CN=[N+]=[N-])Sc1ccccc1. The van der Waals surface area contributed by atoms with Gasteiger partial charge in [-0.15, -0.1) is 11.8 Å². The van der Waals surface area contributed by atoms with Crippen molar-refractivity contribution in [3.8, 4) is 0 Å². The fourth-order valence-electron chi connectivity index (χ4n) is 1.13. The summed E-state index contributed by atoms with van der Waals surface area (Å²) >= 11 is 1.66. The predicted octanol–water partition coefficient (Wildman–Crippen LogP) is 3.10. The van der Waals surface area contributed by atoms with Gasteiger partial charge in [0, 0.05) is 28.7 Å². The Morgan fingerprint density at radius 3 is 2.80 bits per heavy atom. The molecule has 0 spiro atoms. The molecule has 0 fully saturated rings. The van der Waals surface area contributed by atoms with E-state index < -0.39 is 0 Å². The van der Waals surface area contributed by atoms with Crippen molar-refractivity contribution >= 4 is 11.8 Å². The maximum absolute atomic E-state index is 8.26. The number of ether oxygens (including phenoxy) is 1. The molecule has 0 aromatic heterocycles. The van der Waals surface area contributed by atoms with Gasteiger partial charge in [-0.25, -0.2) is 0 Å². The highest BCUT2D eigenvalue weighted by molar-refractivity contribution is 8.00. The van der Waals surface area contributed by atoms with Crippen LogP contribution in [0.25, 0.3) is 10.4 Å². The summed E-state index contributed by atoms with van der Waals surface area (Å²) in [5, 5.41) is 3.74. The van der Waals surface area contributed by atoms with Crippen LogP contribution in [-0.4, -0.2) is 25.5 Å². The molecule has 1 aromatic carbocycles. The van der Waals surface area contributed by atoms with E-state index >= 15 is 0 Å². The van der Waals surface area contributed by atoms with Crippen LogP contribution in [0.2, 0.25) is 0 Å². The smallest absolute Gasteiger partial charge is 0.0586 e. The molecule has 1 aromatic rings. The highest BCUT2D eigenvalue weighted by Crippen LogP contribution is 2.23. The number of nitrogens with zero attached hydrogens (tertiary/aromatic N) is 3. The number of methoxy groups -OCH3 is 1. The standard InChI is InChI=1S/C10H13N3OS/c1-14-8-10(7-12-13-11)15-9-5-3-2-4-6-9/h2-6,10H,7-8H2,1H3. The number of benzene rings is 1. The molecule has 0 radical (unpaired) electrons. The lowest BCUT2D eigenvalue weighted by molar-refractivity contribution is 0.201. The van der Waals surface area contributed by atoms with Gasteiger partial charge in [0.1, 0.15) is 0 Å². The molecule has 1 atom stereocenters. The minimum atomic E-state index is 0.174. The van der Waals surface area contributed by atoms with E-state index in [-0.39, 0.29) is 5.25 Å². The lowest BCUT2D eigenvalue weighted by Gasteiger charge is -2.12. The Morgan fingerprint density at radius 2 is 2.20 bits per heavy atom. The third-order valence-corrected chi connectivity index (χ3v) is 2.91. The number of hydrogen-bond donors (Lipinski definition) is 0. The van der Waals surface area contributed by atoms with E-state index in [0.29, 0.717) is 13.2 Å². The molecule has 1 unspecified atom stereocenters. The third-order valence-electron chi connectivity index (χ3n) is 1.75. The minimum Gasteiger partial charge on any atom is -0.384 e. The topological polar surface area (TPSA) is 58.0 Å². The number of rotatable bonds is 6. The van der Waals surface area contributed by atoms with Crippen molar-refractivity contribution in [1.29, 1.82) is 0 Å². The highest BCUT2D eigenvalue weighted by Gasteiger charge is 2.08. The van der Waals surface area contributed by atoms with Gasteiger partial charge in [-0.3, -0.25) is 0 Å². The minimum absolute atomic E-state index is 0.174. The lowest BCUT2D eigenvalue weighted by Crippen LogP contribution is -2.13. The normalized spacial score (nSPS) is 11.8. The largest absolute Gasteiger partial charge is 0.384 e. The highest BCUT2D eigenvalue weighted by atomic mass is 32.2. The Hall–Kier alpha value is -1.16. The first-order valence-corrected chi connectivity index (χ1v) is 5.46. The van der Waals surface area contributed by atoms with Crippen molar-refractivity contribution in [2.24, 2.45) is 5.11 Å². The van der Waals surface area contributed by atoms with E-state index in [1.807, 2.05) is 30.3 Å². The van der Waals surface area contributed by atoms with Crippen molar-refractivity contribution in [2.45, 2.75) is 10.1 Å². The summed E-state index contributed by atoms with van der Waals surface area (Å²) in [6, 6.07) is 10.0. The Bertz CT molecular complexity index is 325. The predicted molar refractivity (Wildman–Crippen MR) is 62.0 cm³/mol. The molecule has 0 N–H and O–H groups in total. The van der Waals surface area contributed by atoms with Gasteiger partial charge in [0.15, 0.2) is 0 Å². The van der Waals surface area contributed by atoms with E-state index in [4.69, 9.17) is 10.3 Å². The fraction of sp³-hybridized carbons (Fsp3) is 0.400. The van der Waals surface area contributed by atoms with Gasteiger partial charge in [-0.1, -0.05) is 23.3 Å². The first kappa shape index (κ1) is 11.9. The number of thioether (sulfide) groups is 1. The summed E-state index contributed by atoms with van der Waals surface area (Å²) in [5.41, 5.74) is 8.26. The average molecular weight is 223 g/mol. The van der Waals surface area contributed by atoms with Crippen molar-refractivity contribution in [3.63, 3.8) is 0 Å². The summed E-state index contributed by atoms with van der Waals surface area (Å²) in [4.78, 5) is 3.92. The van der Waals surface area contributed by atoms with Gasteiger partial charge >= 0.3 is 0 Å². The molecule has 0 heterocycles. The van der Waals surface area contributed by atoms with Crippen LogP contribution in [0.1, 0.15) is 0 Å². The zero-order chi connectivity index (χ0) is 10.9. The molecule has 0 aliphatic heterocycles. The van der Waals surface area contributed by atoms with Crippen LogP contribution in [0.15, 0.2) is 40.3 Å². The molecule has 80 valence electrons. The van der Waals surface area contributed by atoms with E-state index in [2.05, 4.69) is 10.0 Å². The molecule has 1 rings (SSSR count). The third kappa shape index (κ3) is 4.74. The van der Waals surface area contributed by atoms with Gasteiger partial charge in [0.05, 0.1) is 6.61 Å². The maximum Gasteiger partial charge on any atom is 0.0586 e. The quantitative estimate of drug-likeness (QED) is 0.322. The van der Waals surface area contributed by atoms with Crippen LogP contribution < -0.4 is 0 Å². The van der Waals surface area contributed by atoms with Gasteiger partial charge in [0.2, 0.25) is 0 Å². The summed E-state index contributed by atoms with van der Waals surface area (Å²) in [6.45, 7) is 1.03. The second kappa shape index (κ2) is 7.17. The van der Waals surface area contributed by atoms with Crippen molar-refractivity contribution in [3.05, 3.63) is 40.8 Å². The van der Waals surface area contributed by atoms with Gasteiger partial charge < -0.3 is 4.74 Å². The number of hydrogen-bond acceptors (Lipinski definition) is 3. The Morgan fingerprint density at radius 1 is 1.47 bits per heavy atom. The first-order chi connectivity index (χ1) is 7.36.